The molecule has 2 N–H and O–H groups in total. The molecule has 0 radical (unpaired) electrons. The van der Waals surface area contributed by atoms with Crippen molar-refractivity contribution in [1.82, 2.24) is 20.4 Å². The second kappa shape index (κ2) is 3.92. The number of aromatic nitrogens is 4. The molecule has 0 atom stereocenters. The summed E-state index contributed by atoms with van der Waals surface area (Å²) >= 11 is 0. The Labute approximate surface area is 100.0 Å². The van der Waals surface area contributed by atoms with Gasteiger partial charge in [-0.15, -0.1) is 0 Å². The number of hydrogen-bond donors (Lipinski definition) is 2. The van der Waals surface area contributed by atoms with Crippen LogP contribution in [0.25, 0.3) is 21.8 Å². The normalized spacial score (nSPS) is 10.7. The molecule has 2 heterocycles. The van der Waals surface area contributed by atoms with Crippen molar-refractivity contribution in [3.63, 3.8) is 0 Å². The Bertz CT molecular complexity index is 807. The molecule has 6 nitrogen and oxygen atoms in total. The molecule has 2 bridgehead atoms. The zero-order valence-corrected chi connectivity index (χ0v) is 9.18. The van der Waals surface area contributed by atoms with Crippen molar-refractivity contribution in [1.29, 1.82) is 0 Å². The van der Waals surface area contributed by atoms with Gasteiger partial charge in [-0.25, -0.2) is 10.2 Å². The molecule has 0 aliphatic carbocycles. The molecule has 4 aromatic rings. The molecule has 0 aliphatic rings. The van der Waals surface area contributed by atoms with Crippen molar-refractivity contribution in [2.24, 2.45) is 0 Å². The van der Waals surface area contributed by atoms with Crippen molar-refractivity contribution in [3.8, 4) is 0 Å². The van der Waals surface area contributed by atoms with E-state index in [1.165, 1.54) is 0 Å². The lowest BCUT2D eigenvalue weighted by molar-refractivity contribution is 0.952. The van der Waals surface area contributed by atoms with Gasteiger partial charge in [0.2, 0.25) is 0 Å². The predicted molar refractivity (Wildman–Crippen MR) is 67.1 cm³/mol. The lowest BCUT2D eigenvalue weighted by Crippen LogP contribution is -2.28. The van der Waals surface area contributed by atoms with E-state index in [0.717, 1.165) is 10.8 Å². The number of nitrogens with one attached hydrogen (secondary N) is 2. The number of hydrogen-bond acceptors (Lipinski definition) is 4. The zero-order chi connectivity index (χ0) is 12.5. The third kappa shape index (κ3) is 1.60. The van der Waals surface area contributed by atoms with Crippen molar-refractivity contribution in [3.05, 3.63) is 57.1 Å². The first-order valence-electron chi connectivity index (χ1n) is 5.29. The molecular weight excluding hydrogens is 232 g/mol. The van der Waals surface area contributed by atoms with Crippen molar-refractivity contribution >= 4 is 21.8 Å². The van der Waals surface area contributed by atoms with Gasteiger partial charge >= 0.3 is 11.1 Å². The minimum absolute atomic E-state index is 0.590. The lowest BCUT2D eigenvalue weighted by Gasteiger charge is -1.99. The topological polar surface area (TPSA) is 91.5 Å². The SMILES string of the molecule is O=c1[nH]nc2ccc(n[nH]c1=O)c1ccccc21. The van der Waals surface area contributed by atoms with E-state index in [4.69, 9.17) is 0 Å². The van der Waals surface area contributed by atoms with Crippen LogP contribution >= 0.6 is 0 Å². The van der Waals surface area contributed by atoms with Crippen molar-refractivity contribution in [2.75, 3.05) is 0 Å². The largest absolute Gasteiger partial charge is 0.331 e. The van der Waals surface area contributed by atoms with E-state index in [-0.39, 0.29) is 0 Å². The molecule has 0 aliphatic heterocycles. The number of benzene rings is 2. The summed E-state index contributed by atoms with van der Waals surface area (Å²) in [6, 6.07) is 11.0. The Morgan fingerprint density at radius 2 is 1.17 bits per heavy atom. The summed E-state index contributed by atoms with van der Waals surface area (Å²) in [5, 5.41) is 13.9. The highest BCUT2D eigenvalue weighted by molar-refractivity contribution is 6.04. The molecule has 88 valence electrons. The van der Waals surface area contributed by atoms with Gasteiger partial charge in [0, 0.05) is 10.8 Å². The number of nitrogens with zero attached hydrogens (tertiary/aromatic N) is 2. The molecule has 0 saturated carbocycles. The summed E-state index contributed by atoms with van der Waals surface area (Å²) in [5.41, 5.74) is -0.504. The van der Waals surface area contributed by atoms with Gasteiger partial charge in [-0.1, -0.05) is 24.3 Å². The molecule has 0 unspecified atom stereocenters. The van der Waals surface area contributed by atoms with Gasteiger partial charge in [0.05, 0.1) is 11.0 Å². The molecule has 2 aromatic carbocycles. The van der Waals surface area contributed by atoms with E-state index in [9.17, 15) is 9.59 Å². The first kappa shape index (κ1) is 10.4. The van der Waals surface area contributed by atoms with Crippen molar-refractivity contribution in [2.45, 2.75) is 0 Å². The Morgan fingerprint density at radius 1 is 0.722 bits per heavy atom. The Morgan fingerprint density at radius 3 is 1.61 bits per heavy atom. The maximum atomic E-state index is 11.3. The van der Waals surface area contributed by atoms with Crippen molar-refractivity contribution < 1.29 is 0 Å². The molecule has 2 aromatic heterocycles. The number of fused-ring (bicyclic) bond motifs is 6. The molecule has 0 amide bonds. The molecule has 0 fully saturated rings. The maximum Gasteiger partial charge on any atom is 0.331 e. The molecule has 0 saturated heterocycles. The van der Waals surface area contributed by atoms with Crippen LogP contribution in [0.3, 0.4) is 0 Å². The van der Waals surface area contributed by atoms with Crippen LogP contribution in [0.1, 0.15) is 0 Å². The summed E-state index contributed by atoms with van der Waals surface area (Å²) in [6.07, 6.45) is 0. The van der Waals surface area contributed by atoms with Crippen LogP contribution in [-0.2, 0) is 0 Å². The third-order valence-electron chi connectivity index (χ3n) is 2.64. The van der Waals surface area contributed by atoms with E-state index in [0.29, 0.717) is 11.0 Å². The van der Waals surface area contributed by atoms with Gasteiger partial charge in [-0.3, -0.25) is 9.59 Å². The first-order chi connectivity index (χ1) is 8.75. The van der Waals surface area contributed by atoms with Crippen LogP contribution in [0, 0.1) is 0 Å². The minimum atomic E-state index is -0.842. The summed E-state index contributed by atoms with van der Waals surface area (Å²) in [7, 11) is 0. The van der Waals surface area contributed by atoms with Crippen LogP contribution < -0.4 is 11.1 Å². The van der Waals surface area contributed by atoms with Gasteiger partial charge in [-0.2, -0.15) is 10.2 Å². The Kier molecular flexibility index (Phi) is 2.26. The monoisotopic (exact) mass is 240 g/mol. The second-order valence-electron chi connectivity index (χ2n) is 3.75. The third-order valence-corrected chi connectivity index (χ3v) is 2.64. The number of aromatic amines is 2. The summed E-state index contributed by atoms with van der Waals surface area (Å²) in [6.45, 7) is 0. The van der Waals surface area contributed by atoms with Crippen LogP contribution in [0.15, 0.2) is 46.0 Å². The summed E-state index contributed by atoms with van der Waals surface area (Å²) < 4.78 is 0. The fraction of sp³-hybridized carbons (Fsp3) is 0. The fourth-order valence-electron chi connectivity index (χ4n) is 1.79. The summed E-state index contributed by atoms with van der Waals surface area (Å²) in [5.74, 6) is 0. The molecule has 4 rings (SSSR count). The van der Waals surface area contributed by atoms with E-state index < -0.39 is 11.1 Å². The van der Waals surface area contributed by atoms with E-state index in [1.54, 1.807) is 12.1 Å². The Balaban J connectivity index is 2.67. The van der Waals surface area contributed by atoms with Gasteiger partial charge in [0.25, 0.3) is 0 Å². The van der Waals surface area contributed by atoms with E-state index >= 15 is 0 Å². The standard InChI is InChI=1S/C12H8N4O2/c17-11-12(18)16-14-10-6-5-9(13-15-11)7-3-1-2-4-8(7)10/h1-6H,(H,15,17)(H,16,18). The second-order valence-corrected chi connectivity index (χ2v) is 3.75. The zero-order valence-electron chi connectivity index (χ0n) is 9.18. The van der Waals surface area contributed by atoms with Gasteiger partial charge in [0.15, 0.2) is 0 Å². The molecule has 18 heavy (non-hydrogen) atoms. The Hall–Kier alpha value is -2.76. The van der Waals surface area contributed by atoms with E-state index in [2.05, 4.69) is 20.4 Å². The fourth-order valence-corrected chi connectivity index (χ4v) is 1.79. The number of rotatable bonds is 0. The highest BCUT2D eigenvalue weighted by Crippen LogP contribution is 2.20. The lowest BCUT2D eigenvalue weighted by atomic mass is 10.1. The van der Waals surface area contributed by atoms with Crippen LogP contribution in [0.5, 0.6) is 0 Å². The minimum Gasteiger partial charge on any atom is -0.262 e. The quantitative estimate of drug-likeness (QED) is 0.566. The molecule has 6 heteroatoms. The first-order valence-corrected chi connectivity index (χ1v) is 5.29. The molecule has 0 spiro atoms. The smallest absolute Gasteiger partial charge is 0.262 e. The van der Waals surface area contributed by atoms with Crippen LogP contribution in [0.4, 0.5) is 0 Å². The highest BCUT2D eigenvalue weighted by atomic mass is 16.2. The van der Waals surface area contributed by atoms with Gasteiger partial charge < -0.3 is 0 Å². The van der Waals surface area contributed by atoms with Crippen LogP contribution in [-0.4, -0.2) is 20.4 Å². The summed E-state index contributed by atoms with van der Waals surface area (Å²) in [4.78, 5) is 22.6. The maximum absolute atomic E-state index is 11.3. The molecular formula is C12H8N4O2. The highest BCUT2D eigenvalue weighted by Gasteiger charge is 2.00. The average molecular weight is 240 g/mol. The van der Waals surface area contributed by atoms with Crippen LogP contribution in [0.2, 0.25) is 0 Å². The average Bonchev–Trinajstić information content (AvgIpc) is 2.42. The van der Waals surface area contributed by atoms with Gasteiger partial charge in [-0.05, 0) is 12.1 Å². The predicted octanol–water partition coefficient (Wildman–Crippen LogP) is 0.722. The number of H-pyrrole nitrogens is 2. The van der Waals surface area contributed by atoms with E-state index in [1.807, 2.05) is 24.3 Å². The van der Waals surface area contributed by atoms with Gasteiger partial charge in [0.1, 0.15) is 0 Å².